The van der Waals surface area contributed by atoms with Crippen LogP contribution < -0.4 is 0 Å². The molecule has 0 rings (SSSR count). The molecule has 0 aromatic rings. The lowest BCUT2D eigenvalue weighted by molar-refractivity contribution is -0.157. The lowest BCUT2D eigenvalue weighted by Crippen LogP contribution is -2.35. The lowest BCUT2D eigenvalue weighted by Gasteiger charge is -2.18. The molecule has 0 saturated heterocycles. The Morgan fingerprint density at radius 1 is 1.50 bits per heavy atom. The summed E-state index contributed by atoms with van der Waals surface area (Å²) in [7, 11) is 3.82. The van der Waals surface area contributed by atoms with Gasteiger partial charge < -0.3 is 15.1 Å². The first-order valence-corrected chi connectivity index (χ1v) is 3.97. The van der Waals surface area contributed by atoms with Crippen LogP contribution in [0.2, 0.25) is 0 Å². The Balaban J connectivity index is 3.69. The van der Waals surface area contributed by atoms with Crippen molar-refractivity contribution >= 4 is 5.97 Å². The largest absolute Gasteiger partial charge is 0.479 e. The fourth-order valence-electron chi connectivity index (χ4n) is 0.846. The normalized spacial score (nSPS) is 16.1. The molecular weight excluding hydrogens is 158 g/mol. The first-order chi connectivity index (χ1) is 5.36. The van der Waals surface area contributed by atoms with Gasteiger partial charge in [-0.25, -0.2) is 4.79 Å². The second kappa shape index (κ2) is 4.42. The molecule has 0 aromatic carbocycles. The van der Waals surface area contributed by atoms with Crippen LogP contribution in [0.1, 0.15) is 19.8 Å². The Hall–Kier alpha value is -0.610. The van der Waals surface area contributed by atoms with Crippen LogP contribution in [0.3, 0.4) is 0 Å². The Bertz CT molecular complexity index is 154. The van der Waals surface area contributed by atoms with Crippen molar-refractivity contribution in [1.82, 2.24) is 4.90 Å². The van der Waals surface area contributed by atoms with Gasteiger partial charge >= 0.3 is 5.97 Å². The van der Waals surface area contributed by atoms with Gasteiger partial charge in [0, 0.05) is 0 Å². The number of hydrogen-bond acceptors (Lipinski definition) is 3. The average Bonchev–Trinajstić information content (AvgIpc) is 1.85. The number of carbonyl (C=O) groups is 1. The molecule has 12 heavy (non-hydrogen) atoms. The number of nitrogens with zero attached hydrogens (tertiary/aromatic N) is 1. The molecule has 0 bridgehead atoms. The van der Waals surface area contributed by atoms with Crippen LogP contribution in [-0.2, 0) is 4.79 Å². The smallest absolute Gasteiger partial charge is 0.335 e. The summed E-state index contributed by atoms with van der Waals surface area (Å²) in [6, 6.07) is 0. The van der Waals surface area contributed by atoms with Crippen LogP contribution in [0, 0.1) is 0 Å². The second-order valence-electron chi connectivity index (χ2n) is 3.49. The molecule has 0 aromatic heterocycles. The minimum atomic E-state index is -1.57. The molecule has 2 N–H and O–H groups in total. The van der Waals surface area contributed by atoms with Crippen LogP contribution in [0.5, 0.6) is 0 Å². The van der Waals surface area contributed by atoms with Crippen LogP contribution in [-0.4, -0.2) is 47.3 Å². The van der Waals surface area contributed by atoms with E-state index < -0.39 is 11.6 Å². The molecular formula is C8H17NO3. The Morgan fingerprint density at radius 3 is 2.33 bits per heavy atom. The van der Waals surface area contributed by atoms with Gasteiger partial charge in [0.15, 0.2) is 5.60 Å². The van der Waals surface area contributed by atoms with E-state index in [1.807, 2.05) is 19.0 Å². The Labute approximate surface area is 72.8 Å². The monoisotopic (exact) mass is 175 g/mol. The maximum Gasteiger partial charge on any atom is 0.335 e. The summed E-state index contributed by atoms with van der Waals surface area (Å²) < 4.78 is 0. The minimum absolute atomic E-state index is 0.292. The van der Waals surface area contributed by atoms with Crippen molar-refractivity contribution in [2.24, 2.45) is 0 Å². The van der Waals surface area contributed by atoms with E-state index in [1.54, 1.807) is 0 Å². The van der Waals surface area contributed by atoms with Crippen LogP contribution in [0.15, 0.2) is 0 Å². The number of aliphatic hydroxyl groups is 1. The van der Waals surface area contributed by atoms with Gasteiger partial charge in [-0.15, -0.1) is 0 Å². The van der Waals surface area contributed by atoms with Crippen molar-refractivity contribution < 1.29 is 15.0 Å². The number of hydrogen-bond donors (Lipinski definition) is 2. The highest BCUT2D eigenvalue weighted by molar-refractivity contribution is 5.76. The predicted octanol–water partition coefficient (Wildman–Crippen LogP) is 0.164. The van der Waals surface area contributed by atoms with Crippen molar-refractivity contribution in [2.45, 2.75) is 25.4 Å². The van der Waals surface area contributed by atoms with Crippen LogP contribution in [0.25, 0.3) is 0 Å². The second-order valence-corrected chi connectivity index (χ2v) is 3.49. The minimum Gasteiger partial charge on any atom is -0.479 e. The molecule has 72 valence electrons. The van der Waals surface area contributed by atoms with Gasteiger partial charge in [-0.2, -0.15) is 0 Å². The SMILES string of the molecule is CN(C)CCCC(C)(O)C(=O)O. The third kappa shape index (κ3) is 4.31. The molecule has 0 radical (unpaired) electrons. The van der Waals surface area contributed by atoms with Crippen molar-refractivity contribution in [2.75, 3.05) is 20.6 Å². The summed E-state index contributed by atoms with van der Waals surface area (Å²) in [5.41, 5.74) is -1.57. The molecule has 0 saturated carbocycles. The van der Waals surface area contributed by atoms with Crippen LogP contribution in [0.4, 0.5) is 0 Å². The van der Waals surface area contributed by atoms with E-state index in [-0.39, 0.29) is 0 Å². The molecule has 1 atom stereocenters. The number of carboxylic acids is 1. The van der Waals surface area contributed by atoms with Gasteiger partial charge in [0.05, 0.1) is 0 Å². The number of carboxylic acid groups (broad SMARTS) is 1. The molecule has 0 spiro atoms. The molecule has 1 unspecified atom stereocenters. The fraction of sp³-hybridized carbons (Fsp3) is 0.875. The van der Waals surface area contributed by atoms with Crippen molar-refractivity contribution in [3.05, 3.63) is 0 Å². The highest BCUT2D eigenvalue weighted by atomic mass is 16.4. The third-order valence-corrected chi connectivity index (χ3v) is 1.73. The van der Waals surface area contributed by atoms with Crippen molar-refractivity contribution in [3.63, 3.8) is 0 Å². The van der Waals surface area contributed by atoms with Crippen molar-refractivity contribution in [3.8, 4) is 0 Å². The molecule has 0 heterocycles. The third-order valence-electron chi connectivity index (χ3n) is 1.73. The zero-order valence-electron chi connectivity index (χ0n) is 7.87. The van der Waals surface area contributed by atoms with Gasteiger partial charge in [0.1, 0.15) is 0 Å². The van der Waals surface area contributed by atoms with E-state index in [2.05, 4.69) is 0 Å². The van der Waals surface area contributed by atoms with Gasteiger partial charge in [-0.3, -0.25) is 0 Å². The zero-order chi connectivity index (χ0) is 9.78. The molecule has 4 heteroatoms. The van der Waals surface area contributed by atoms with Gasteiger partial charge in [0.25, 0.3) is 0 Å². The van der Waals surface area contributed by atoms with Gasteiger partial charge in [0.2, 0.25) is 0 Å². The maximum atomic E-state index is 10.4. The number of aliphatic carboxylic acids is 1. The van der Waals surface area contributed by atoms with E-state index in [0.29, 0.717) is 12.8 Å². The van der Waals surface area contributed by atoms with E-state index in [0.717, 1.165) is 6.54 Å². The van der Waals surface area contributed by atoms with E-state index in [4.69, 9.17) is 5.11 Å². The quantitative estimate of drug-likeness (QED) is 0.625. The molecule has 4 nitrogen and oxygen atoms in total. The summed E-state index contributed by atoms with van der Waals surface area (Å²) in [6.07, 6.45) is 0.979. The highest BCUT2D eigenvalue weighted by Crippen LogP contribution is 2.11. The summed E-state index contributed by atoms with van der Waals surface area (Å²) in [5, 5.41) is 17.8. The Kier molecular flexibility index (Phi) is 4.20. The summed E-state index contributed by atoms with van der Waals surface area (Å²) >= 11 is 0. The van der Waals surface area contributed by atoms with Gasteiger partial charge in [-0.1, -0.05) is 0 Å². The fourth-order valence-corrected chi connectivity index (χ4v) is 0.846. The van der Waals surface area contributed by atoms with Crippen molar-refractivity contribution in [1.29, 1.82) is 0 Å². The number of rotatable bonds is 5. The average molecular weight is 175 g/mol. The predicted molar refractivity (Wildman–Crippen MR) is 46.0 cm³/mol. The first-order valence-electron chi connectivity index (χ1n) is 3.97. The molecule has 0 fully saturated rings. The molecule has 0 amide bonds. The zero-order valence-corrected chi connectivity index (χ0v) is 7.87. The summed E-state index contributed by atoms with van der Waals surface area (Å²) in [4.78, 5) is 12.4. The van der Waals surface area contributed by atoms with E-state index in [1.165, 1.54) is 6.92 Å². The first kappa shape index (κ1) is 11.4. The standard InChI is InChI=1S/C8H17NO3/c1-8(12,7(10)11)5-4-6-9(2)3/h12H,4-6H2,1-3H3,(H,10,11). The molecule has 0 aliphatic carbocycles. The summed E-state index contributed by atoms with van der Waals surface area (Å²) in [6.45, 7) is 2.12. The van der Waals surface area contributed by atoms with E-state index >= 15 is 0 Å². The van der Waals surface area contributed by atoms with E-state index in [9.17, 15) is 9.90 Å². The maximum absolute atomic E-state index is 10.4. The summed E-state index contributed by atoms with van der Waals surface area (Å²) in [5.74, 6) is -1.15. The topological polar surface area (TPSA) is 60.8 Å². The van der Waals surface area contributed by atoms with Crippen LogP contribution >= 0.6 is 0 Å². The molecule has 0 aliphatic rings. The van der Waals surface area contributed by atoms with Gasteiger partial charge in [-0.05, 0) is 40.4 Å². The molecule has 0 aliphatic heterocycles. The lowest BCUT2D eigenvalue weighted by atomic mass is 10.0. The Morgan fingerprint density at radius 2 is 2.00 bits per heavy atom. The highest BCUT2D eigenvalue weighted by Gasteiger charge is 2.28.